The van der Waals surface area contributed by atoms with Gasteiger partial charge in [0, 0.05) is 17.5 Å². The van der Waals surface area contributed by atoms with Crippen molar-refractivity contribution in [3.63, 3.8) is 0 Å². The third kappa shape index (κ3) is 4.27. The topological polar surface area (TPSA) is 77.5 Å². The van der Waals surface area contributed by atoms with E-state index in [1.807, 2.05) is 48.9 Å². The van der Waals surface area contributed by atoms with Crippen LogP contribution in [0.1, 0.15) is 4.88 Å². The predicted octanol–water partition coefficient (Wildman–Crippen LogP) is 4.17. The molecule has 0 aliphatic heterocycles. The first-order valence-electron chi connectivity index (χ1n) is 7.36. The van der Waals surface area contributed by atoms with Gasteiger partial charge in [0.15, 0.2) is 4.80 Å². The molecule has 1 heterocycles. The summed E-state index contributed by atoms with van der Waals surface area (Å²) in [5, 5.41) is 5.36. The number of primary sulfonamides is 1. The molecule has 0 amide bonds. The van der Waals surface area contributed by atoms with Crippen molar-refractivity contribution in [2.24, 2.45) is 17.2 Å². The summed E-state index contributed by atoms with van der Waals surface area (Å²) in [7, 11) is -2.00. The molecule has 0 saturated heterocycles. The lowest BCUT2D eigenvalue weighted by molar-refractivity contribution is 0.598. The van der Waals surface area contributed by atoms with E-state index < -0.39 is 10.0 Å². The Morgan fingerprint density at radius 2 is 1.81 bits per heavy atom. The molecule has 0 spiro atoms. The first-order chi connectivity index (χ1) is 11.8. The molecular formula is C17H17BrClN3O2S2. The molecule has 2 aromatic carbocycles. The molecule has 138 valence electrons. The molecule has 3 aromatic rings. The van der Waals surface area contributed by atoms with Gasteiger partial charge in [-0.1, -0.05) is 35.9 Å². The molecule has 0 saturated carbocycles. The summed E-state index contributed by atoms with van der Waals surface area (Å²) in [6.07, 6.45) is 0. The number of halogens is 2. The number of nitrogens with zero attached hydrogens (tertiary/aromatic N) is 2. The van der Waals surface area contributed by atoms with Crippen molar-refractivity contribution < 1.29 is 8.42 Å². The molecule has 1 aromatic heterocycles. The summed E-state index contributed by atoms with van der Waals surface area (Å²) in [4.78, 5) is 6.39. The standard InChI is InChI=1S/C17H16ClN3O2S2.BrH/c1-11-16(12-8-9-14(18)15(10-12)25(19,22)23)21(2)17(24-11)20-13-6-4-3-5-7-13;/h3-10H,1-2H3,(H2,19,22,23);1H. The van der Waals surface area contributed by atoms with E-state index in [4.69, 9.17) is 16.7 Å². The quantitative estimate of drug-likeness (QED) is 0.618. The fraction of sp³-hybridized carbons (Fsp3) is 0.118. The molecule has 0 radical (unpaired) electrons. The minimum Gasteiger partial charge on any atom is -0.319 e. The van der Waals surface area contributed by atoms with E-state index in [9.17, 15) is 8.42 Å². The Morgan fingerprint density at radius 3 is 2.42 bits per heavy atom. The highest BCUT2D eigenvalue weighted by Gasteiger charge is 2.17. The largest absolute Gasteiger partial charge is 0.319 e. The smallest absolute Gasteiger partial charge is 0.239 e. The number of sulfonamides is 1. The normalized spacial score (nSPS) is 12.1. The highest BCUT2D eigenvalue weighted by molar-refractivity contribution is 8.93. The molecule has 26 heavy (non-hydrogen) atoms. The van der Waals surface area contributed by atoms with Gasteiger partial charge in [-0.3, -0.25) is 0 Å². The van der Waals surface area contributed by atoms with Crippen molar-refractivity contribution in [1.82, 2.24) is 4.57 Å². The second kappa shape index (κ2) is 8.06. The van der Waals surface area contributed by atoms with Gasteiger partial charge >= 0.3 is 0 Å². The van der Waals surface area contributed by atoms with E-state index >= 15 is 0 Å². The number of benzene rings is 2. The summed E-state index contributed by atoms with van der Waals surface area (Å²) in [5.41, 5.74) is 2.45. The highest BCUT2D eigenvalue weighted by Crippen LogP contribution is 2.30. The van der Waals surface area contributed by atoms with Crippen LogP contribution < -0.4 is 9.94 Å². The fourth-order valence-electron chi connectivity index (χ4n) is 2.56. The van der Waals surface area contributed by atoms with E-state index in [-0.39, 0.29) is 26.9 Å². The van der Waals surface area contributed by atoms with E-state index in [0.29, 0.717) is 0 Å². The van der Waals surface area contributed by atoms with Crippen molar-refractivity contribution >= 4 is 55.6 Å². The van der Waals surface area contributed by atoms with Crippen LogP contribution in [0.2, 0.25) is 5.02 Å². The van der Waals surface area contributed by atoms with E-state index in [1.165, 1.54) is 17.4 Å². The number of aryl methyl sites for hydroxylation is 1. The summed E-state index contributed by atoms with van der Waals surface area (Å²) < 4.78 is 25.4. The molecular weight excluding hydrogens is 458 g/mol. The van der Waals surface area contributed by atoms with Gasteiger partial charge in [-0.05, 0) is 31.2 Å². The van der Waals surface area contributed by atoms with Crippen LogP contribution in [0.15, 0.2) is 58.4 Å². The Balaban J connectivity index is 0.00000243. The van der Waals surface area contributed by atoms with Gasteiger partial charge in [0.2, 0.25) is 10.0 Å². The van der Waals surface area contributed by atoms with Gasteiger partial charge in [-0.2, -0.15) is 0 Å². The van der Waals surface area contributed by atoms with Crippen LogP contribution in [0.25, 0.3) is 11.3 Å². The molecule has 2 N–H and O–H groups in total. The van der Waals surface area contributed by atoms with Crippen molar-refractivity contribution in [2.45, 2.75) is 11.8 Å². The van der Waals surface area contributed by atoms with Crippen LogP contribution in [-0.4, -0.2) is 13.0 Å². The fourth-order valence-corrected chi connectivity index (χ4v) is 4.64. The molecule has 0 unspecified atom stereocenters. The summed E-state index contributed by atoms with van der Waals surface area (Å²) in [6, 6.07) is 14.5. The number of rotatable bonds is 3. The van der Waals surface area contributed by atoms with Crippen LogP contribution in [0, 0.1) is 6.92 Å². The molecule has 0 fully saturated rings. The minimum atomic E-state index is -3.89. The molecule has 9 heteroatoms. The molecule has 0 aliphatic rings. The number of para-hydroxylation sites is 1. The second-order valence-electron chi connectivity index (χ2n) is 5.49. The van der Waals surface area contributed by atoms with Gasteiger partial charge in [-0.25, -0.2) is 18.5 Å². The van der Waals surface area contributed by atoms with Crippen molar-refractivity contribution in [1.29, 1.82) is 0 Å². The van der Waals surface area contributed by atoms with Crippen LogP contribution >= 0.6 is 39.9 Å². The second-order valence-corrected chi connectivity index (χ2v) is 8.60. The number of hydrogen-bond donors (Lipinski definition) is 1. The van der Waals surface area contributed by atoms with Crippen LogP contribution in [0.4, 0.5) is 5.69 Å². The van der Waals surface area contributed by atoms with E-state index in [0.717, 1.165) is 26.6 Å². The van der Waals surface area contributed by atoms with Gasteiger partial charge < -0.3 is 4.57 Å². The molecule has 0 atom stereocenters. The third-order valence-corrected chi connectivity index (χ3v) is 6.13. The van der Waals surface area contributed by atoms with Crippen LogP contribution in [-0.2, 0) is 17.1 Å². The number of thiazole rings is 1. The Hall–Kier alpha value is -1.45. The minimum absolute atomic E-state index is 0. The van der Waals surface area contributed by atoms with Gasteiger partial charge in [0.05, 0.1) is 16.4 Å². The first-order valence-corrected chi connectivity index (χ1v) is 10.1. The average molecular weight is 475 g/mol. The third-order valence-electron chi connectivity index (χ3n) is 3.69. The lowest BCUT2D eigenvalue weighted by Gasteiger charge is -2.08. The monoisotopic (exact) mass is 473 g/mol. The summed E-state index contributed by atoms with van der Waals surface area (Å²) in [5.74, 6) is 0. The lowest BCUT2D eigenvalue weighted by atomic mass is 10.1. The Morgan fingerprint density at radius 1 is 1.15 bits per heavy atom. The maximum atomic E-state index is 11.7. The lowest BCUT2D eigenvalue weighted by Crippen LogP contribution is -2.14. The van der Waals surface area contributed by atoms with Crippen LogP contribution in [0.3, 0.4) is 0 Å². The zero-order valence-corrected chi connectivity index (χ0v) is 18.1. The van der Waals surface area contributed by atoms with Crippen molar-refractivity contribution in [2.75, 3.05) is 0 Å². The van der Waals surface area contributed by atoms with Gasteiger partial charge in [0.1, 0.15) is 4.90 Å². The molecule has 0 bridgehead atoms. The van der Waals surface area contributed by atoms with E-state index in [1.54, 1.807) is 12.1 Å². The Labute approximate surface area is 171 Å². The zero-order valence-electron chi connectivity index (χ0n) is 14.0. The maximum Gasteiger partial charge on any atom is 0.239 e. The predicted molar refractivity (Wildman–Crippen MR) is 112 cm³/mol. The summed E-state index contributed by atoms with van der Waals surface area (Å²) in [6.45, 7) is 1.97. The molecule has 3 rings (SSSR count). The number of nitrogens with two attached hydrogens (primary N) is 1. The first kappa shape index (κ1) is 20.9. The van der Waals surface area contributed by atoms with Crippen LogP contribution in [0.5, 0.6) is 0 Å². The Kier molecular flexibility index (Phi) is 6.46. The summed E-state index contributed by atoms with van der Waals surface area (Å²) >= 11 is 7.51. The van der Waals surface area contributed by atoms with Gasteiger partial charge in [-0.15, -0.1) is 28.3 Å². The SMILES string of the molecule is Br.Cc1sc(=Nc2ccccc2)n(C)c1-c1ccc(Cl)c(S(N)(=O)=O)c1. The Bertz CT molecular complexity index is 1110. The number of hydrogen-bond acceptors (Lipinski definition) is 4. The zero-order chi connectivity index (χ0) is 18.2. The molecule has 0 aliphatic carbocycles. The van der Waals surface area contributed by atoms with Gasteiger partial charge in [0.25, 0.3) is 0 Å². The maximum absolute atomic E-state index is 11.7. The highest BCUT2D eigenvalue weighted by atomic mass is 79.9. The molecule has 5 nitrogen and oxygen atoms in total. The average Bonchev–Trinajstić information content (AvgIpc) is 2.82. The number of aromatic nitrogens is 1. The van der Waals surface area contributed by atoms with Crippen molar-refractivity contribution in [3.8, 4) is 11.3 Å². The van der Waals surface area contributed by atoms with Crippen molar-refractivity contribution in [3.05, 3.63) is 63.2 Å². The van der Waals surface area contributed by atoms with E-state index in [2.05, 4.69) is 4.99 Å².